The summed E-state index contributed by atoms with van der Waals surface area (Å²) in [7, 11) is 1.93. The zero-order chi connectivity index (χ0) is 16.4. The molecule has 0 radical (unpaired) electrons. The van der Waals surface area contributed by atoms with Gasteiger partial charge >= 0.3 is 0 Å². The van der Waals surface area contributed by atoms with Crippen molar-refractivity contribution < 1.29 is 4.79 Å². The van der Waals surface area contributed by atoms with Crippen LogP contribution >= 0.6 is 0 Å². The molecule has 1 atom stereocenters. The van der Waals surface area contributed by atoms with Gasteiger partial charge in [-0.3, -0.25) is 4.79 Å². The number of hydrogen-bond acceptors (Lipinski definition) is 3. The topological polar surface area (TPSA) is 59.8 Å². The summed E-state index contributed by atoms with van der Waals surface area (Å²) in [6, 6.07) is 11.5. The number of pyridine rings is 1. The van der Waals surface area contributed by atoms with Gasteiger partial charge in [-0.15, -0.1) is 0 Å². The van der Waals surface area contributed by atoms with Crippen molar-refractivity contribution in [2.24, 2.45) is 7.05 Å². The quantitative estimate of drug-likeness (QED) is 0.805. The van der Waals surface area contributed by atoms with Crippen molar-refractivity contribution in [2.75, 3.05) is 0 Å². The molecule has 0 bridgehead atoms. The molecule has 5 nitrogen and oxygen atoms in total. The molecule has 2 heterocycles. The predicted octanol–water partition coefficient (Wildman–Crippen LogP) is 3.16. The highest BCUT2D eigenvalue weighted by molar-refractivity contribution is 5.95. The van der Waals surface area contributed by atoms with Crippen LogP contribution in [0.15, 0.2) is 42.6 Å². The second kappa shape index (κ2) is 6.20. The summed E-state index contributed by atoms with van der Waals surface area (Å²) in [6.07, 6.45) is 2.66. The van der Waals surface area contributed by atoms with E-state index in [0.717, 1.165) is 29.0 Å². The van der Waals surface area contributed by atoms with Crippen LogP contribution in [0, 0.1) is 0 Å². The van der Waals surface area contributed by atoms with Crippen LogP contribution in [0.3, 0.4) is 0 Å². The van der Waals surface area contributed by atoms with E-state index in [-0.39, 0.29) is 11.9 Å². The Hall–Kier alpha value is -2.69. The molecule has 0 aliphatic heterocycles. The molecular weight excluding hydrogens is 288 g/mol. The highest BCUT2D eigenvalue weighted by Gasteiger charge is 2.13. The molecule has 1 amide bonds. The van der Waals surface area contributed by atoms with Gasteiger partial charge in [0.05, 0.1) is 0 Å². The Balaban J connectivity index is 1.98. The number of nitrogens with one attached hydrogen (secondary N) is 1. The largest absolute Gasteiger partial charge is 0.350 e. The van der Waals surface area contributed by atoms with E-state index < -0.39 is 0 Å². The van der Waals surface area contributed by atoms with Crippen LogP contribution in [0.1, 0.15) is 30.6 Å². The molecule has 0 spiro atoms. The molecule has 1 aromatic carbocycles. The molecule has 3 rings (SSSR count). The standard InChI is InChI=1S/C18H20N4O/c1-4-12(2)20-18(23)14-8-5-7-13(11-14)16-21-15-9-6-10-19-17(15)22(16)3/h5-12H,4H2,1-3H3,(H,20,23). The first-order valence-electron chi connectivity index (χ1n) is 7.79. The van der Waals surface area contributed by atoms with E-state index in [0.29, 0.717) is 5.56 Å². The molecule has 0 aliphatic carbocycles. The van der Waals surface area contributed by atoms with E-state index in [1.807, 2.05) is 61.9 Å². The summed E-state index contributed by atoms with van der Waals surface area (Å²) in [4.78, 5) is 21.3. The van der Waals surface area contributed by atoms with Gasteiger partial charge in [-0.05, 0) is 37.6 Å². The SMILES string of the molecule is CCC(C)NC(=O)c1cccc(-c2nc3cccnc3n2C)c1. The normalized spacial score (nSPS) is 12.3. The summed E-state index contributed by atoms with van der Waals surface area (Å²) in [5.41, 5.74) is 3.22. The van der Waals surface area contributed by atoms with E-state index in [1.165, 1.54) is 0 Å². The highest BCUT2D eigenvalue weighted by atomic mass is 16.1. The first-order chi connectivity index (χ1) is 11.1. The third kappa shape index (κ3) is 2.95. The lowest BCUT2D eigenvalue weighted by molar-refractivity contribution is 0.0939. The maximum atomic E-state index is 12.3. The molecule has 0 fully saturated rings. The minimum atomic E-state index is -0.0573. The van der Waals surface area contributed by atoms with Crippen molar-refractivity contribution >= 4 is 17.1 Å². The van der Waals surface area contributed by atoms with Gasteiger partial charge in [0, 0.05) is 30.4 Å². The lowest BCUT2D eigenvalue weighted by Gasteiger charge is -2.12. The minimum Gasteiger partial charge on any atom is -0.350 e. The molecule has 0 saturated carbocycles. The van der Waals surface area contributed by atoms with E-state index in [9.17, 15) is 4.79 Å². The third-order valence-electron chi connectivity index (χ3n) is 4.00. The molecule has 2 aromatic heterocycles. The van der Waals surface area contributed by atoms with Gasteiger partial charge in [0.1, 0.15) is 11.3 Å². The van der Waals surface area contributed by atoms with E-state index in [1.54, 1.807) is 6.20 Å². The fraction of sp³-hybridized carbons (Fsp3) is 0.278. The number of rotatable bonds is 4. The number of imidazole rings is 1. The summed E-state index contributed by atoms with van der Waals surface area (Å²) in [5.74, 6) is 0.745. The Bertz CT molecular complexity index is 853. The number of aryl methyl sites for hydroxylation is 1. The minimum absolute atomic E-state index is 0.0573. The number of carbonyl (C=O) groups excluding carboxylic acids is 1. The zero-order valence-electron chi connectivity index (χ0n) is 13.6. The average Bonchev–Trinajstić information content (AvgIpc) is 2.92. The molecule has 3 aromatic rings. The lowest BCUT2D eigenvalue weighted by Crippen LogP contribution is -2.31. The lowest BCUT2D eigenvalue weighted by atomic mass is 10.1. The van der Waals surface area contributed by atoms with Crippen molar-refractivity contribution in [1.29, 1.82) is 0 Å². The van der Waals surface area contributed by atoms with Gasteiger partial charge in [-0.2, -0.15) is 0 Å². The van der Waals surface area contributed by atoms with Crippen molar-refractivity contribution in [1.82, 2.24) is 19.9 Å². The number of benzene rings is 1. The zero-order valence-corrected chi connectivity index (χ0v) is 13.6. The third-order valence-corrected chi connectivity index (χ3v) is 4.00. The molecule has 0 aliphatic rings. The Labute approximate surface area is 135 Å². The van der Waals surface area contributed by atoms with Crippen molar-refractivity contribution in [3.8, 4) is 11.4 Å². The first-order valence-corrected chi connectivity index (χ1v) is 7.79. The number of hydrogen-bond donors (Lipinski definition) is 1. The second-order valence-corrected chi connectivity index (χ2v) is 5.70. The van der Waals surface area contributed by atoms with Gasteiger partial charge in [0.2, 0.25) is 0 Å². The molecule has 0 saturated heterocycles. The fourth-order valence-corrected chi connectivity index (χ4v) is 2.49. The maximum Gasteiger partial charge on any atom is 0.251 e. The van der Waals surface area contributed by atoms with E-state index in [4.69, 9.17) is 0 Å². The van der Waals surface area contributed by atoms with Gasteiger partial charge < -0.3 is 9.88 Å². The predicted molar refractivity (Wildman–Crippen MR) is 91.2 cm³/mol. The van der Waals surface area contributed by atoms with Crippen molar-refractivity contribution in [3.05, 3.63) is 48.2 Å². The van der Waals surface area contributed by atoms with Crippen LogP contribution in [0.25, 0.3) is 22.6 Å². The maximum absolute atomic E-state index is 12.3. The van der Waals surface area contributed by atoms with Gasteiger partial charge in [0.25, 0.3) is 5.91 Å². The highest BCUT2D eigenvalue weighted by Crippen LogP contribution is 2.23. The number of nitrogens with zero attached hydrogens (tertiary/aromatic N) is 3. The smallest absolute Gasteiger partial charge is 0.251 e. The Morgan fingerprint density at radius 1 is 1.30 bits per heavy atom. The molecule has 118 valence electrons. The number of carbonyl (C=O) groups is 1. The summed E-state index contributed by atoms with van der Waals surface area (Å²) in [5, 5.41) is 2.99. The van der Waals surface area contributed by atoms with Crippen LogP contribution < -0.4 is 5.32 Å². The monoisotopic (exact) mass is 308 g/mol. The Morgan fingerprint density at radius 3 is 2.87 bits per heavy atom. The molecule has 1 N–H and O–H groups in total. The number of aromatic nitrogens is 3. The fourth-order valence-electron chi connectivity index (χ4n) is 2.49. The number of amides is 1. The van der Waals surface area contributed by atoms with Crippen LogP contribution in [0.5, 0.6) is 0 Å². The summed E-state index contributed by atoms with van der Waals surface area (Å²) >= 11 is 0. The van der Waals surface area contributed by atoms with Gasteiger partial charge in [-0.1, -0.05) is 19.1 Å². The van der Waals surface area contributed by atoms with Crippen LogP contribution in [-0.2, 0) is 7.05 Å². The first kappa shape index (κ1) is 15.2. The molecule has 23 heavy (non-hydrogen) atoms. The van der Waals surface area contributed by atoms with Crippen molar-refractivity contribution in [2.45, 2.75) is 26.3 Å². The number of fused-ring (bicyclic) bond motifs is 1. The average molecular weight is 308 g/mol. The Kier molecular flexibility index (Phi) is 4.10. The van der Waals surface area contributed by atoms with Crippen LogP contribution in [0.4, 0.5) is 0 Å². The molecular formula is C18H20N4O. The molecule has 5 heteroatoms. The Morgan fingerprint density at radius 2 is 2.13 bits per heavy atom. The van der Waals surface area contributed by atoms with Crippen LogP contribution in [0.2, 0.25) is 0 Å². The van der Waals surface area contributed by atoms with E-state index in [2.05, 4.69) is 15.3 Å². The van der Waals surface area contributed by atoms with Gasteiger partial charge in [-0.25, -0.2) is 9.97 Å². The summed E-state index contributed by atoms with van der Waals surface area (Å²) < 4.78 is 1.95. The van der Waals surface area contributed by atoms with Crippen LogP contribution in [-0.4, -0.2) is 26.5 Å². The second-order valence-electron chi connectivity index (χ2n) is 5.70. The van der Waals surface area contributed by atoms with E-state index >= 15 is 0 Å². The van der Waals surface area contributed by atoms with Crippen molar-refractivity contribution in [3.63, 3.8) is 0 Å². The molecule has 1 unspecified atom stereocenters. The van der Waals surface area contributed by atoms with Gasteiger partial charge in [0.15, 0.2) is 5.65 Å². The summed E-state index contributed by atoms with van der Waals surface area (Å²) in [6.45, 7) is 4.05.